The third-order valence-corrected chi connectivity index (χ3v) is 4.29. The second-order valence-corrected chi connectivity index (χ2v) is 6.77. The second kappa shape index (κ2) is 8.31. The highest BCUT2D eigenvalue weighted by Gasteiger charge is 2.48. The fourth-order valence-electron chi connectivity index (χ4n) is 2.54. The lowest BCUT2D eigenvalue weighted by Gasteiger charge is -2.43. The quantitative estimate of drug-likeness (QED) is 0.202. The van der Waals surface area contributed by atoms with Crippen LogP contribution in [0.3, 0.4) is 0 Å². The van der Waals surface area contributed by atoms with Crippen LogP contribution >= 0.6 is 0 Å². The van der Waals surface area contributed by atoms with E-state index in [1.54, 1.807) is 0 Å². The van der Waals surface area contributed by atoms with E-state index in [2.05, 4.69) is 4.18 Å². The predicted octanol–water partition coefficient (Wildman–Crippen LogP) is -4.36. The molecule has 8 atom stereocenters. The predicted molar refractivity (Wildman–Crippen MR) is 79.8 cm³/mol. The minimum absolute atomic E-state index is 0.602. The number of aliphatic hydroxyl groups excluding tert-OH is 4. The fourth-order valence-corrected chi connectivity index (χ4v) is 3.02. The van der Waals surface area contributed by atoms with Crippen molar-refractivity contribution in [3.63, 3.8) is 0 Å². The van der Waals surface area contributed by atoms with Gasteiger partial charge < -0.3 is 45.5 Å². The number of hydrogen-bond acceptors (Lipinski definition) is 12. The molecule has 0 spiro atoms. The Morgan fingerprint density at radius 2 is 1.89 bits per heavy atom. The number of carboxylic acids is 1. The number of ether oxygens (including phenoxy) is 3. The van der Waals surface area contributed by atoms with Crippen molar-refractivity contribution >= 4 is 16.4 Å². The summed E-state index contributed by atoms with van der Waals surface area (Å²) in [7, 11) is -5.12. The molecule has 0 amide bonds. The summed E-state index contributed by atoms with van der Waals surface area (Å²) < 4.78 is 50.2. The van der Waals surface area contributed by atoms with Gasteiger partial charge in [0, 0.05) is 0 Å². The van der Waals surface area contributed by atoms with Crippen LogP contribution in [-0.4, -0.2) is 100 Å². The Morgan fingerprint density at radius 3 is 2.41 bits per heavy atom. The van der Waals surface area contributed by atoms with Crippen LogP contribution in [0.1, 0.15) is 0 Å². The van der Waals surface area contributed by atoms with E-state index >= 15 is 0 Å². The van der Waals surface area contributed by atoms with Crippen LogP contribution in [0.15, 0.2) is 11.8 Å². The Labute approximate surface area is 152 Å². The summed E-state index contributed by atoms with van der Waals surface area (Å²) in [5.41, 5.74) is 5.52. The first-order valence-corrected chi connectivity index (χ1v) is 8.80. The van der Waals surface area contributed by atoms with Crippen LogP contribution in [0.4, 0.5) is 0 Å². The SMILES string of the molecule is N[C@H]1C(O)O[C@H](CO)[C@@H](O[C@@H]2OC(C(=O)O)=C[C@H](O)[C@H]2OS(=O)(=O)O)[C@@H]1O. The van der Waals surface area contributed by atoms with Crippen LogP contribution in [-0.2, 0) is 33.6 Å². The summed E-state index contributed by atoms with van der Waals surface area (Å²) in [6.45, 7) is -0.785. The molecule has 0 aliphatic carbocycles. The largest absolute Gasteiger partial charge is 0.475 e. The van der Waals surface area contributed by atoms with Gasteiger partial charge in [-0.1, -0.05) is 0 Å². The van der Waals surface area contributed by atoms with Crippen molar-refractivity contribution in [1.29, 1.82) is 0 Å². The Balaban J connectivity index is 2.30. The number of nitrogens with two attached hydrogens (primary N) is 1. The number of carbonyl (C=O) groups is 1. The molecule has 1 saturated heterocycles. The molecular formula is C12H19NO13S. The zero-order chi connectivity index (χ0) is 20.5. The van der Waals surface area contributed by atoms with Gasteiger partial charge in [0.1, 0.15) is 24.4 Å². The highest BCUT2D eigenvalue weighted by atomic mass is 32.3. The molecule has 0 saturated carbocycles. The van der Waals surface area contributed by atoms with Gasteiger partial charge in [-0.15, -0.1) is 0 Å². The average molecular weight is 417 g/mol. The van der Waals surface area contributed by atoms with Crippen LogP contribution < -0.4 is 5.73 Å². The smallest absolute Gasteiger partial charge is 0.397 e. The number of aliphatic hydroxyl groups is 4. The molecule has 1 unspecified atom stereocenters. The molecule has 2 rings (SSSR count). The summed E-state index contributed by atoms with van der Waals surface area (Å²) in [5.74, 6) is -2.47. The molecule has 0 aromatic heterocycles. The van der Waals surface area contributed by atoms with Gasteiger partial charge in [-0.05, 0) is 6.08 Å². The Morgan fingerprint density at radius 1 is 1.26 bits per heavy atom. The van der Waals surface area contributed by atoms with E-state index in [0.717, 1.165) is 0 Å². The van der Waals surface area contributed by atoms with Crippen molar-refractivity contribution in [2.75, 3.05) is 6.61 Å². The molecule has 1 fully saturated rings. The summed E-state index contributed by atoms with van der Waals surface area (Å²) in [4.78, 5) is 11.1. The first kappa shape index (κ1) is 21.9. The van der Waals surface area contributed by atoms with E-state index in [9.17, 15) is 33.6 Å². The molecule has 8 N–H and O–H groups in total. The number of aliphatic carboxylic acids is 1. The number of rotatable bonds is 6. The molecule has 2 heterocycles. The zero-order valence-corrected chi connectivity index (χ0v) is 14.2. The van der Waals surface area contributed by atoms with E-state index in [4.69, 9.17) is 29.6 Å². The Kier molecular flexibility index (Phi) is 6.74. The van der Waals surface area contributed by atoms with Crippen molar-refractivity contribution < 1.29 is 61.7 Å². The molecule has 27 heavy (non-hydrogen) atoms. The molecule has 0 radical (unpaired) electrons. The van der Waals surface area contributed by atoms with Gasteiger partial charge in [-0.3, -0.25) is 4.55 Å². The van der Waals surface area contributed by atoms with E-state index in [1.807, 2.05) is 0 Å². The maximum atomic E-state index is 11.1. The van der Waals surface area contributed by atoms with Crippen molar-refractivity contribution in [2.24, 2.45) is 5.73 Å². The highest BCUT2D eigenvalue weighted by molar-refractivity contribution is 7.80. The number of carboxylic acid groups (broad SMARTS) is 1. The van der Waals surface area contributed by atoms with Gasteiger partial charge in [-0.25, -0.2) is 8.98 Å². The second-order valence-electron chi connectivity index (χ2n) is 5.72. The number of hydrogen-bond donors (Lipinski definition) is 7. The molecule has 15 heteroatoms. The molecule has 0 aromatic carbocycles. The highest BCUT2D eigenvalue weighted by Crippen LogP contribution is 2.29. The fraction of sp³-hybridized carbons (Fsp3) is 0.750. The van der Waals surface area contributed by atoms with Crippen LogP contribution in [0, 0.1) is 0 Å². The summed E-state index contributed by atoms with van der Waals surface area (Å²) in [6.07, 6.45) is -11.5. The first-order valence-electron chi connectivity index (χ1n) is 7.43. The molecule has 2 aliphatic rings. The minimum atomic E-state index is -5.12. The molecule has 0 bridgehead atoms. The van der Waals surface area contributed by atoms with Crippen LogP contribution in [0.25, 0.3) is 0 Å². The van der Waals surface area contributed by atoms with E-state index in [0.29, 0.717) is 6.08 Å². The summed E-state index contributed by atoms with van der Waals surface area (Å²) in [5, 5.41) is 48.0. The third-order valence-electron chi connectivity index (χ3n) is 3.83. The monoisotopic (exact) mass is 417 g/mol. The van der Waals surface area contributed by atoms with Crippen molar-refractivity contribution in [3.05, 3.63) is 11.8 Å². The van der Waals surface area contributed by atoms with E-state index < -0.39 is 77.9 Å². The van der Waals surface area contributed by atoms with Crippen molar-refractivity contribution in [1.82, 2.24) is 0 Å². The van der Waals surface area contributed by atoms with Gasteiger partial charge in [0.05, 0.1) is 12.6 Å². The zero-order valence-electron chi connectivity index (χ0n) is 13.4. The maximum absolute atomic E-state index is 11.1. The lowest BCUT2D eigenvalue weighted by atomic mass is 9.97. The van der Waals surface area contributed by atoms with Crippen LogP contribution in [0.2, 0.25) is 0 Å². The minimum Gasteiger partial charge on any atom is -0.475 e. The molecule has 156 valence electrons. The first-order chi connectivity index (χ1) is 12.4. The average Bonchev–Trinajstić information content (AvgIpc) is 2.56. The molecule has 2 aliphatic heterocycles. The normalized spacial score (nSPS) is 40.1. The lowest BCUT2D eigenvalue weighted by Crippen LogP contribution is -2.64. The van der Waals surface area contributed by atoms with Crippen molar-refractivity contribution in [2.45, 2.75) is 49.1 Å². The van der Waals surface area contributed by atoms with E-state index in [-0.39, 0.29) is 0 Å². The summed E-state index contributed by atoms with van der Waals surface area (Å²) >= 11 is 0. The van der Waals surface area contributed by atoms with Crippen molar-refractivity contribution in [3.8, 4) is 0 Å². The van der Waals surface area contributed by atoms with Gasteiger partial charge in [0.25, 0.3) is 0 Å². The standard InChI is InChI=1S/C12H19NO13S/c13-6-7(16)9(5(2-14)23-11(6)19)25-12-8(26-27(20,21)22)3(15)1-4(24-12)10(17)18/h1,3,5-9,11-12,14-16,19H,2,13H2,(H,17,18)(H,20,21,22)/t3-,5+,6+,7+,8+,9+,11?,12-/m0/s1. The van der Waals surface area contributed by atoms with Gasteiger partial charge in [0.15, 0.2) is 12.4 Å². The molecular weight excluding hydrogens is 398 g/mol. The molecule has 14 nitrogen and oxygen atoms in total. The van der Waals surface area contributed by atoms with Gasteiger partial charge in [0.2, 0.25) is 12.0 Å². The Bertz CT molecular complexity index is 679. The van der Waals surface area contributed by atoms with Gasteiger partial charge in [-0.2, -0.15) is 8.42 Å². The van der Waals surface area contributed by atoms with E-state index in [1.165, 1.54) is 0 Å². The topological polar surface area (TPSA) is 236 Å². The molecule has 0 aromatic rings. The van der Waals surface area contributed by atoms with Crippen LogP contribution in [0.5, 0.6) is 0 Å². The lowest BCUT2D eigenvalue weighted by molar-refractivity contribution is -0.302. The third kappa shape index (κ3) is 5.11. The van der Waals surface area contributed by atoms with Gasteiger partial charge >= 0.3 is 16.4 Å². The summed E-state index contributed by atoms with van der Waals surface area (Å²) in [6, 6.07) is -1.40. The maximum Gasteiger partial charge on any atom is 0.397 e. The Hall–Kier alpha value is -1.40.